The van der Waals surface area contributed by atoms with Crippen LogP contribution in [-0.2, 0) is 0 Å². The number of hydrogen-bond acceptors (Lipinski definition) is 2. The zero-order chi connectivity index (χ0) is 10.7. The van der Waals surface area contributed by atoms with E-state index in [0.717, 1.165) is 29.9 Å². The van der Waals surface area contributed by atoms with Gasteiger partial charge in [-0.1, -0.05) is 11.6 Å². The maximum Gasteiger partial charge on any atom is 0.166 e. The summed E-state index contributed by atoms with van der Waals surface area (Å²) in [5, 5.41) is 0.686. The molecule has 1 aliphatic heterocycles. The third-order valence-corrected chi connectivity index (χ3v) is 4.02. The second-order valence-electron chi connectivity index (χ2n) is 3.76. The Kier molecular flexibility index (Phi) is 3.71. The summed E-state index contributed by atoms with van der Waals surface area (Å²) in [6.07, 6.45) is 2.04. The predicted octanol–water partition coefficient (Wildman–Crippen LogP) is 3.67. The van der Waals surface area contributed by atoms with Gasteiger partial charge in [0.15, 0.2) is 5.78 Å². The predicted molar refractivity (Wildman–Crippen MR) is 65.8 cm³/mol. The Morgan fingerprint density at radius 3 is 2.40 bits per heavy atom. The van der Waals surface area contributed by atoms with Gasteiger partial charge in [-0.25, -0.2) is 0 Å². The van der Waals surface area contributed by atoms with Crippen LogP contribution in [-0.4, -0.2) is 17.3 Å². The van der Waals surface area contributed by atoms with Crippen molar-refractivity contribution in [3.05, 3.63) is 34.9 Å². The van der Waals surface area contributed by atoms with Crippen molar-refractivity contribution >= 4 is 29.1 Å². The highest BCUT2D eigenvalue weighted by Gasteiger charge is 2.22. The van der Waals surface area contributed by atoms with Gasteiger partial charge in [0, 0.05) is 16.5 Å². The van der Waals surface area contributed by atoms with Gasteiger partial charge in [0.05, 0.1) is 0 Å². The van der Waals surface area contributed by atoms with Gasteiger partial charge in [0.2, 0.25) is 0 Å². The molecule has 1 aromatic carbocycles. The van der Waals surface area contributed by atoms with Crippen LogP contribution in [0.1, 0.15) is 23.2 Å². The van der Waals surface area contributed by atoms with Crippen molar-refractivity contribution in [2.75, 3.05) is 11.5 Å². The second kappa shape index (κ2) is 5.04. The summed E-state index contributed by atoms with van der Waals surface area (Å²) in [6, 6.07) is 7.22. The molecule has 15 heavy (non-hydrogen) atoms. The highest BCUT2D eigenvalue weighted by molar-refractivity contribution is 7.99. The van der Waals surface area contributed by atoms with E-state index in [-0.39, 0.29) is 11.7 Å². The van der Waals surface area contributed by atoms with Gasteiger partial charge in [0.1, 0.15) is 0 Å². The molecule has 0 amide bonds. The minimum absolute atomic E-state index is 0.229. The molecule has 3 heteroatoms. The first kappa shape index (κ1) is 11.0. The molecular weight excluding hydrogens is 228 g/mol. The number of rotatable bonds is 2. The molecule has 1 saturated heterocycles. The van der Waals surface area contributed by atoms with Crippen LogP contribution in [0.4, 0.5) is 0 Å². The van der Waals surface area contributed by atoms with Crippen molar-refractivity contribution in [1.29, 1.82) is 0 Å². The Bertz CT molecular complexity index is 341. The van der Waals surface area contributed by atoms with E-state index >= 15 is 0 Å². The molecule has 2 rings (SSSR count). The Morgan fingerprint density at radius 1 is 1.20 bits per heavy atom. The van der Waals surface area contributed by atoms with Gasteiger partial charge in [-0.3, -0.25) is 4.79 Å². The largest absolute Gasteiger partial charge is 0.294 e. The van der Waals surface area contributed by atoms with Crippen LogP contribution in [0, 0.1) is 5.92 Å². The number of halogens is 1. The molecule has 1 fully saturated rings. The van der Waals surface area contributed by atoms with Crippen LogP contribution in [0.5, 0.6) is 0 Å². The van der Waals surface area contributed by atoms with Crippen LogP contribution >= 0.6 is 23.4 Å². The molecule has 1 heterocycles. The van der Waals surface area contributed by atoms with Gasteiger partial charge in [0.25, 0.3) is 0 Å². The van der Waals surface area contributed by atoms with Crippen LogP contribution in [0.2, 0.25) is 5.02 Å². The molecule has 0 spiro atoms. The number of carbonyl (C=O) groups is 1. The molecule has 1 aromatic rings. The zero-order valence-corrected chi connectivity index (χ0v) is 9.98. The molecule has 1 nitrogen and oxygen atoms in total. The highest BCUT2D eigenvalue weighted by Crippen LogP contribution is 2.26. The number of Topliss-reactive ketones (excluding diaryl/α,β-unsaturated/α-hetero) is 1. The van der Waals surface area contributed by atoms with Gasteiger partial charge in [-0.15, -0.1) is 0 Å². The first-order valence-corrected chi connectivity index (χ1v) is 6.68. The maximum atomic E-state index is 12.1. The molecule has 1 aliphatic rings. The van der Waals surface area contributed by atoms with Crippen molar-refractivity contribution < 1.29 is 4.79 Å². The van der Waals surface area contributed by atoms with Crippen LogP contribution in [0.15, 0.2) is 24.3 Å². The second-order valence-corrected chi connectivity index (χ2v) is 5.42. The van der Waals surface area contributed by atoms with E-state index in [1.165, 1.54) is 0 Å². The Labute approximate surface area is 99.2 Å². The number of benzene rings is 1. The smallest absolute Gasteiger partial charge is 0.166 e. The van der Waals surface area contributed by atoms with Crippen LogP contribution in [0.3, 0.4) is 0 Å². The third kappa shape index (κ3) is 2.76. The van der Waals surface area contributed by atoms with Gasteiger partial charge in [-0.2, -0.15) is 11.8 Å². The first-order valence-electron chi connectivity index (χ1n) is 5.15. The van der Waals surface area contributed by atoms with Crippen molar-refractivity contribution in [2.45, 2.75) is 12.8 Å². The first-order chi connectivity index (χ1) is 7.27. The minimum atomic E-state index is 0.229. The SMILES string of the molecule is O=C(c1ccc(Cl)cc1)C1CCSCC1. The summed E-state index contributed by atoms with van der Waals surface area (Å²) in [5.41, 5.74) is 0.802. The van der Waals surface area contributed by atoms with Gasteiger partial charge >= 0.3 is 0 Å². The summed E-state index contributed by atoms with van der Waals surface area (Å²) in [4.78, 5) is 12.1. The monoisotopic (exact) mass is 240 g/mol. The van der Waals surface area contributed by atoms with Crippen molar-refractivity contribution in [2.24, 2.45) is 5.92 Å². The van der Waals surface area contributed by atoms with Crippen molar-refractivity contribution in [3.63, 3.8) is 0 Å². The highest BCUT2D eigenvalue weighted by atomic mass is 35.5. The minimum Gasteiger partial charge on any atom is -0.294 e. The van der Waals surface area contributed by atoms with E-state index in [2.05, 4.69) is 0 Å². The van der Waals surface area contributed by atoms with Gasteiger partial charge < -0.3 is 0 Å². The lowest BCUT2D eigenvalue weighted by Gasteiger charge is -2.19. The summed E-state index contributed by atoms with van der Waals surface area (Å²) in [6.45, 7) is 0. The molecule has 0 aliphatic carbocycles. The number of carbonyl (C=O) groups excluding carboxylic acids is 1. The fourth-order valence-corrected chi connectivity index (χ4v) is 3.04. The van der Waals surface area contributed by atoms with E-state index in [0.29, 0.717) is 5.02 Å². The fraction of sp³-hybridized carbons (Fsp3) is 0.417. The summed E-state index contributed by atoms with van der Waals surface area (Å²) in [5.74, 6) is 2.74. The molecule has 0 N–H and O–H groups in total. The lowest BCUT2D eigenvalue weighted by molar-refractivity contribution is 0.0913. The van der Waals surface area contributed by atoms with E-state index in [1.807, 2.05) is 23.9 Å². The number of thioether (sulfide) groups is 1. The zero-order valence-electron chi connectivity index (χ0n) is 8.41. The lowest BCUT2D eigenvalue weighted by atomic mass is 9.93. The van der Waals surface area contributed by atoms with E-state index < -0.39 is 0 Å². The van der Waals surface area contributed by atoms with Crippen LogP contribution < -0.4 is 0 Å². The summed E-state index contributed by atoms with van der Waals surface area (Å²) >= 11 is 7.73. The Morgan fingerprint density at radius 2 is 1.80 bits per heavy atom. The summed E-state index contributed by atoms with van der Waals surface area (Å²) in [7, 11) is 0. The lowest BCUT2D eigenvalue weighted by Crippen LogP contribution is -2.19. The average Bonchev–Trinajstić information content (AvgIpc) is 2.30. The standard InChI is InChI=1S/C12H13ClOS/c13-11-3-1-9(2-4-11)12(14)10-5-7-15-8-6-10/h1-4,10H,5-8H2. The molecule has 0 radical (unpaired) electrons. The normalized spacial score (nSPS) is 17.7. The molecule has 0 aromatic heterocycles. The van der Waals surface area contributed by atoms with E-state index in [4.69, 9.17) is 11.6 Å². The summed E-state index contributed by atoms with van der Waals surface area (Å²) < 4.78 is 0. The van der Waals surface area contributed by atoms with E-state index in [1.54, 1.807) is 12.1 Å². The third-order valence-electron chi connectivity index (χ3n) is 2.72. The Balaban J connectivity index is 2.09. The Hall–Kier alpha value is -0.470. The molecule has 80 valence electrons. The number of hydrogen-bond donors (Lipinski definition) is 0. The molecule has 0 atom stereocenters. The molecule has 0 unspecified atom stereocenters. The van der Waals surface area contributed by atoms with Crippen LogP contribution in [0.25, 0.3) is 0 Å². The van der Waals surface area contributed by atoms with Gasteiger partial charge in [-0.05, 0) is 48.6 Å². The average molecular weight is 241 g/mol. The fourth-order valence-electron chi connectivity index (χ4n) is 1.81. The van der Waals surface area contributed by atoms with Crippen molar-refractivity contribution in [3.8, 4) is 0 Å². The number of ketones is 1. The van der Waals surface area contributed by atoms with E-state index in [9.17, 15) is 4.79 Å². The maximum absolute atomic E-state index is 12.1. The molecular formula is C12H13ClOS. The molecule has 0 saturated carbocycles. The topological polar surface area (TPSA) is 17.1 Å². The molecule has 0 bridgehead atoms. The van der Waals surface area contributed by atoms with Crippen molar-refractivity contribution in [1.82, 2.24) is 0 Å². The quantitative estimate of drug-likeness (QED) is 0.734.